The molecular formula is C17H23NO2. The number of hydrogen-bond donors (Lipinski definition) is 1. The number of ether oxygens (including phenoxy) is 1. The number of benzene rings is 1. The van der Waals surface area contributed by atoms with Crippen molar-refractivity contribution in [1.82, 2.24) is 5.32 Å². The number of furan rings is 1. The molecule has 1 aromatic heterocycles. The summed E-state index contributed by atoms with van der Waals surface area (Å²) in [5.41, 5.74) is 0.861. The Morgan fingerprint density at radius 1 is 1.35 bits per heavy atom. The van der Waals surface area contributed by atoms with Gasteiger partial charge in [0.25, 0.3) is 0 Å². The van der Waals surface area contributed by atoms with Gasteiger partial charge in [-0.15, -0.1) is 0 Å². The summed E-state index contributed by atoms with van der Waals surface area (Å²) in [6, 6.07) is 10.5. The second kappa shape index (κ2) is 5.58. The van der Waals surface area contributed by atoms with Crippen LogP contribution < -0.4 is 5.32 Å². The maximum atomic E-state index is 6.07. The summed E-state index contributed by atoms with van der Waals surface area (Å²) in [7, 11) is 1.82. The van der Waals surface area contributed by atoms with Gasteiger partial charge < -0.3 is 14.5 Å². The molecule has 1 atom stereocenters. The standard InChI is InChI=1S/C17H23NO2/c1-3-11-18-16(17(19-2)9-6-10-17)15-12-13-7-4-5-8-14(13)20-15/h4-5,7-8,12,16,18H,3,6,9-11H2,1-2H3. The molecule has 1 heterocycles. The molecule has 1 aliphatic rings. The fourth-order valence-electron chi connectivity index (χ4n) is 3.12. The molecule has 3 rings (SSSR count). The van der Waals surface area contributed by atoms with Crippen molar-refractivity contribution >= 4 is 11.0 Å². The number of rotatable bonds is 6. The van der Waals surface area contributed by atoms with E-state index in [2.05, 4.69) is 24.4 Å². The molecule has 0 aliphatic heterocycles. The Bertz CT molecular complexity index is 533. The summed E-state index contributed by atoms with van der Waals surface area (Å²) in [5, 5.41) is 4.78. The quantitative estimate of drug-likeness (QED) is 0.862. The van der Waals surface area contributed by atoms with Crippen molar-refractivity contribution in [1.29, 1.82) is 0 Å². The zero-order chi connectivity index (χ0) is 14.0. The van der Waals surface area contributed by atoms with Crippen LogP contribution in [-0.4, -0.2) is 19.3 Å². The second-order valence-corrected chi connectivity index (χ2v) is 5.70. The Labute approximate surface area is 120 Å². The van der Waals surface area contributed by atoms with Crippen LogP contribution in [0.25, 0.3) is 11.0 Å². The molecule has 0 radical (unpaired) electrons. The van der Waals surface area contributed by atoms with E-state index in [0.29, 0.717) is 0 Å². The molecule has 1 N–H and O–H groups in total. The molecule has 1 unspecified atom stereocenters. The van der Waals surface area contributed by atoms with E-state index in [4.69, 9.17) is 9.15 Å². The lowest BCUT2D eigenvalue weighted by Crippen LogP contribution is -2.50. The van der Waals surface area contributed by atoms with Gasteiger partial charge in [-0.1, -0.05) is 25.1 Å². The van der Waals surface area contributed by atoms with Crippen molar-refractivity contribution in [2.75, 3.05) is 13.7 Å². The minimum Gasteiger partial charge on any atom is -0.459 e. The van der Waals surface area contributed by atoms with E-state index in [1.54, 1.807) is 0 Å². The van der Waals surface area contributed by atoms with Gasteiger partial charge in [-0.2, -0.15) is 0 Å². The zero-order valence-electron chi connectivity index (χ0n) is 12.3. The number of nitrogens with one attached hydrogen (secondary N) is 1. The van der Waals surface area contributed by atoms with E-state index < -0.39 is 0 Å². The first-order valence-electron chi connectivity index (χ1n) is 7.56. The Morgan fingerprint density at radius 2 is 2.15 bits per heavy atom. The first kappa shape index (κ1) is 13.7. The minimum absolute atomic E-state index is 0.0942. The van der Waals surface area contributed by atoms with Crippen LogP contribution in [0.2, 0.25) is 0 Å². The number of fused-ring (bicyclic) bond motifs is 1. The van der Waals surface area contributed by atoms with Gasteiger partial charge in [-0.25, -0.2) is 0 Å². The Morgan fingerprint density at radius 3 is 2.75 bits per heavy atom. The first-order chi connectivity index (χ1) is 9.79. The summed E-state index contributed by atoms with van der Waals surface area (Å²) in [4.78, 5) is 0. The average Bonchev–Trinajstić information content (AvgIpc) is 2.85. The van der Waals surface area contributed by atoms with Crippen molar-refractivity contribution in [3.63, 3.8) is 0 Å². The zero-order valence-corrected chi connectivity index (χ0v) is 12.3. The number of methoxy groups -OCH3 is 1. The molecular weight excluding hydrogens is 250 g/mol. The molecule has 1 aliphatic carbocycles. The van der Waals surface area contributed by atoms with E-state index >= 15 is 0 Å². The maximum Gasteiger partial charge on any atom is 0.134 e. The van der Waals surface area contributed by atoms with Gasteiger partial charge in [0.2, 0.25) is 0 Å². The predicted molar refractivity (Wildman–Crippen MR) is 80.8 cm³/mol. The van der Waals surface area contributed by atoms with Gasteiger partial charge in [-0.05, 0) is 44.4 Å². The molecule has 0 spiro atoms. The van der Waals surface area contributed by atoms with Crippen LogP contribution in [0.4, 0.5) is 0 Å². The highest BCUT2D eigenvalue weighted by Crippen LogP contribution is 2.45. The number of hydrogen-bond acceptors (Lipinski definition) is 3. The van der Waals surface area contributed by atoms with E-state index in [1.165, 1.54) is 6.42 Å². The first-order valence-corrected chi connectivity index (χ1v) is 7.56. The fourth-order valence-corrected chi connectivity index (χ4v) is 3.12. The van der Waals surface area contributed by atoms with Gasteiger partial charge >= 0.3 is 0 Å². The van der Waals surface area contributed by atoms with Crippen molar-refractivity contribution in [2.45, 2.75) is 44.2 Å². The Kier molecular flexibility index (Phi) is 3.81. The van der Waals surface area contributed by atoms with Crippen LogP contribution in [0.15, 0.2) is 34.7 Å². The second-order valence-electron chi connectivity index (χ2n) is 5.70. The molecule has 1 fully saturated rings. The molecule has 3 heteroatoms. The third-order valence-electron chi connectivity index (χ3n) is 4.46. The van der Waals surface area contributed by atoms with Crippen LogP contribution in [0.3, 0.4) is 0 Å². The van der Waals surface area contributed by atoms with E-state index in [9.17, 15) is 0 Å². The molecule has 20 heavy (non-hydrogen) atoms. The minimum atomic E-state index is -0.0942. The van der Waals surface area contributed by atoms with Gasteiger partial charge in [0.1, 0.15) is 11.3 Å². The van der Waals surface area contributed by atoms with Gasteiger partial charge in [0.15, 0.2) is 0 Å². The molecule has 0 bridgehead atoms. The third kappa shape index (κ3) is 2.25. The van der Waals surface area contributed by atoms with Gasteiger partial charge in [-0.3, -0.25) is 0 Å². The highest BCUT2D eigenvalue weighted by atomic mass is 16.5. The molecule has 1 aromatic carbocycles. The summed E-state index contributed by atoms with van der Waals surface area (Å²) in [6.45, 7) is 3.16. The lowest BCUT2D eigenvalue weighted by Gasteiger charge is -2.46. The summed E-state index contributed by atoms with van der Waals surface area (Å²) < 4.78 is 11.9. The molecule has 1 saturated carbocycles. The number of para-hydroxylation sites is 1. The summed E-state index contributed by atoms with van der Waals surface area (Å²) in [6.07, 6.45) is 4.54. The predicted octanol–water partition coefficient (Wildman–Crippen LogP) is 4.04. The Balaban J connectivity index is 1.95. The molecule has 0 saturated heterocycles. The topological polar surface area (TPSA) is 34.4 Å². The maximum absolute atomic E-state index is 6.07. The highest BCUT2D eigenvalue weighted by molar-refractivity contribution is 5.77. The molecule has 0 amide bonds. The largest absolute Gasteiger partial charge is 0.459 e. The monoisotopic (exact) mass is 273 g/mol. The summed E-state index contributed by atoms with van der Waals surface area (Å²) in [5.74, 6) is 1.00. The lowest BCUT2D eigenvalue weighted by atomic mass is 9.73. The normalized spacial score (nSPS) is 18.9. The van der Waals surface area contributed by atoms with Crippen LogP contribution in [0.1, 0.15) is 44.4 Å². The molecule has 108 valence electrons. The van der Waals surface area contributed by atoms with E-state index in [0.717, 1.165) is 42.5 Å². The smallest absolute Gasteiger partial charge is 0.134 e. The summed E-state index contributed by atoms with van der Waals surface area (Å²) >= 11 is 0. The average molecular weight is 273 g/mol. The van der Waals surface area contributed by atoms with E-state index in [1.807, 2.05) is 25.3 Å². The van der Waals surface area contributed by atoms with Crippen LogP contribution in [0.5, 0.6) is 0 Å². The van der Waals surface area contributed by atoms with Crippen LogP contribution in [0, 0.1) is 0 Å². The van der Waals surface area contributed by atoms with Crippen LogP contribution in [-0.2, 0) is 4.74 Å². The van der Waals surface area contributed by atoms with Gasteiger partial charge in [0, 0.05) is 12.5 Å². The van der Waals surface area contributed by atoms with Crippen LogP contribution >= 0.6 is 0 Å². The fraction of sp³-hybridized carbons (Fsp3) is 0.529. The van der Waals surface area contributed by atoms with Gasteiger partial charge in [0.05, 0.1) is 11.6 Å². The Hall–Kier alpha value is -1.32. The van der Waals surface area contributed by atoms with Crippen molar-refractivity contribution < 1.29 is 9.15 Å². The molecule has 2 aromatic rings. The van der Waals surface area contributed by atoms with E-state index in [-0.39, 0.29) is 11.6 Å². The lowest BCUT2D eigenvalue weighted by molar-refractivity contribution is -0.104. The third-order valence-corrected chi connectivity index (χ3v) is 4.46. The highest BCUT2D eigenvalue weighted by Gasteiger charge is 2.46. The SMILES string of the molecule is CCCNC(c1cc2ccccc2o1)C1(OC)CCC1. The van der Waals surface area contributed by atoms with Crippen molar-refractivity contribution in [2.24, 2.45) is 0 Å². The van der Waals surface area contributed by atoms with Crippen molar-refractivity contribution in [3.05, 3.63) is 36.1 Å². The van der Waals surface area contributed by atoms with Crippen molar-refractivity contribution in [3.8, 4) is 0 Å². The molecule has 3 nitrogen and oxygen atoms in total.